The molecule has 8 nitrogen and oxygen atoms in total. The average Bonchev–Trinajstić information content (AvgIpc) is 2.96. The number of azo groups is 1. The van der Waals surface area contributed by atoms with Gasteiger partial charge in [0.15, 0.2) is 30.5 Å². The third kappa shape index (κ3) is 4.12. The number of hydrogen-bond acceptors (Lipinski definition) is 5. The molecule has 8 heteroatoms. The second-order valence-electron chi connectivity index (χ2n) is 6.52. The van der Waals surface area contributed by atoms with E-state index in [4.69, 9.17) is 9.47 Å². The Labute approximate surface area is 162 Å². The van der Waals surface area contributed by atoms with Crippen molar-refractivity contribution in [3.8, 4) is 17.4 Å². The summed E-state index contributed by atoms with van der Waals surface area (Å²) in [5, 5.41) is 19.0. The molecule has 0 radical (unpaired) electrons. The third-order valence-electron chi connectivity index (χ3n) is 4.07. The molecule has 1 amide bonds. The number of para-hydroxylation sites is 3. The molecule has 1 heterocycles. The van der Waals surface area contributed by atoms with Crippen LogP contribution in [-0.4, -0.2) is 43.4 Å². The number of hydrogen-bond donors (Lipinski definition) is 2. The number of nitrogens with zero attached hydrogens (tertiary/aromatic N) is 3. The van der Waals surface area contributed by atoms with E-state index < -0.39 is 5.91 Å². The van der Waals surface area contributed by atoms with E-state index in [1.165, 1.54) is 7.11 Å². The maximum Gasteiger partial charge on any atom is 0.302 e. The summed E-state index contributed by atoms with van der Waals surface area (Å²) in [5.74, 6) is 0.381. The molecule has 0 saturated carbocycles. The lowest BCUT2D eigenvalue weighted by atomic mass is 10.2. The predicted molar refractivity (Wildman–Crippen MR) is 104 cm³/mol. The number of nitrogens with one attached hydrogen (secondary N) is 1. The van der Waals surface area contributed by atoms with Gasteiger partial charge in [-0.25, -0.2) is 0 Å². The average molecular weight is 383 g/mol. The number of rotatable bonds is 7. The number of methoxy groups -OCH3 is 1. The van der Waals surface area contributed by atoms with Gasteiger partial charge in [-0.15, -0.1) is 10.2 Å². The van der Waals surface area contributed by atoms with E-state index in [9.17, 15) is 9.90 Å². The topological polar surface area (TPSA) is 89.8 Å². The number of aromatic hydroxyl groups is 1. The molecule has 0 spiro atoms. The summed E-state index contributed by atoms with van der Waals surface area (Å²) in [6, 6.07) is 14.5. The maximum atomic E-state index is 12.1. The van der Waals surface area contributed by atoms with Gasteiger partial charge in [-0.3, -0.25) is 9.36 Å². The van der Waals surface area contributed by atoms with Crippen molar-refractivity contribution in [2.45, 2.75) is 6.67 Å². The first-order chi connectivity index (χ1) is 13.5. The van der Waals surface area contributed by atoms with Crippen molar-refractivity contribution >= 4 is 22.5 Å². The van der Waals surface area contributed by atoms with Crippen LogP contribution < -0.4 is 14.4 Å². The molecule has 3 rings (SSSR count). The molecule has 0 aliphatic carbocycles. The van der Waals surface area contributed by atoms with E-state index in [1.54, 1.807) is 28.8 Å². The molecule has 3 aromatic rings. The number of carbonyl (C=O) groups excluding carboxylic acids is 1. The zero-order valence-electron chi connectivity index (χ0n) is 16.0. The lowest BCUT2D eigenvalue weighted by Crippen LogP contribution is -3.04. The Balaban J connectivity index is 1.79. The van der Waals surface area contributed by atoms with Gasteiger partial charge in [0.1, 0.15) is 0 Å². The van der Waals surface area contributed by atoms with Gasteiger partial charge in [-0.1, -0.05) is 30.3 Å². The highest BCUT2D eigenvalue weighted by Crippen LogP contribution is 2.38. The fourth-order valence-electron chi connectivity index (χ4n) is 2.86. The lowest BCUT2D eigenvalue weighted by molar-refractivity contribution is -0.882. The van der Waals surface area contributed by atoms with E-state index in [1.807, 2.05) is 38.4 Å². The second-order valence-corrected chi connectivity index (χ2v) is 6.52. The fraction of sp³-hybridized carbons (Fsp3) is 0.250. The second kappa shape index (κ2) is 8.53. The molecule has 0 aliphatic rings. The normalized spacial score (nSPS) is 11.4. The zero-order chi connectivity index (χ0) is 20.1. The van der Waals surface area contributed by atoms with Gasteiger partial charge < -0.3 is 19.5 Å². The van der Waals surface area contributed by atoms with Gasteiger partial charge in [-0.05, 0) is 18.2 Å². The fourth-order valence-corrected chi connectivity index (χ4v) is 2.86. The van der Waals surface area contributed by atoms with Crippen molar-refractivity contribution in [1.82, 2.24) is 4.57 Å². The molecule has 0 atom stereocenters. The standard InChI is InChI=1S/C20H22N4O4/c1-23(2)13-24-15-9-5-4-8-14(15)19(20(24)26)22-21-18(25)12-28-17-11-7-6-10-16(17)27-3/h4-11,26H,12-13H2,1-3H3/p+1. The molecule has 2 aromatic carbocycles. The maximum absolute atomic E-state index is 12.1. The van der Waals surface area contributed by atoms with E-state index >= 15 is 0 Å². The van der Waals surface area contributed by atoms with Crippen molar-refractivity contribution in [2.75, 3.05) is 27.8 Å². The molecule has 0 saturated heterocycles. The van der Waals surface area contributed by atoms with Crippen molar-refractivity contribution in [1.29, 1.82) is 0 Å². The van der Waals surface area contributed by atoms with Crippen molar-refractivity contribution in [3.63, 3.8) is 0 Å². The summed E-state index contributed by atoms with van der Waals surface area (Å²) in [5.41, 5.74) is 1.09. The molecular formula is C20H23N4O4+. The number of quaternary nitrogens is 1. The van der Waals surface area contributed by atoms with Crippen LogP contribution in [0, 0.1) is 0 Å². The molecule has 0 unspecified atom stereocenters. The van der Waals surface area contributed by atoms with Crippen LogP contribution in [0.15, 0.2) is 58.8 Å². The van der Waals surface area contributed by atoms with Gasteiger partial charge in [0, 0.05) is 5.39 Å². The molecule has 0 aliphatic heterocycles. The largest absolute Gasteiger partial charge is 0.493 e. The minimum Gasteiger partial charge on any atom is -0.493 e. The highest BCUT2D eigenvalue weighted by molar-refractivity contribution is 5.95. The molecule has 0 fully saturated rings. The van der Waals surface area contributed by atoms with Crippen LogP contribution in [0.3, 0.4) is 0 Å². The summed E-state index contributed by atoms with van der Waals surface area (Å²) in [6.45, 7) is 0.262. The van der Waals surface area contributed by atoms with Gasteiger partial charge in [-0.2, -0.15) is 0 Å². The highest BCUT2D eigenvalue weighted by atomic mass is 16.5. The van der Waals surface area contributed by atoms with Crippen LogP contribution >= 0.6 is 0 Å². The van der Waals surface area contributed by atoms with Crippen LogP contribution in [0.1, 0.15) is 0 Å². The third-order valence-corrected chi connectivity index (χ3v) is 4.07. The minimum atomic E-state index is -0.569. The number of amides is 1. The van der Waals surface area contributed by atoms with Crippen molar-refractivity contribution in [2.24, 2.45) is 10.2 Å². The first kappa shape index (κ1) is 19.4. The molecule has 1 aromatic heterocycles. The Kier molecular flexibility index (Phi) is 5.90. The van der Waals surface area contributed by atoms with Crippen LogP contribution in [-0.2, 0) is 11.5 Å². The first-order valence-corrected chi connectivity index (χ1v) is 8.81. The summed E-state index contributed by atoms with van der Waals surface area (Å²) >= 11 is 0. The summed E-state index contributed by atoms with van der Waals surface area (Å²) in [4.78, 5) is 13.2. The summed E-state index contributed by atoms with van der Waals surface area (Å²) < 4.78 is 12.4. The number of ether oxygens (including phenoxy) is 2. The van der Waals surface area contributed by atoms with E-state index in [0.29, 0.717) is 18.2 Å². The summed E-state index contributed by atoms with van der Waals surface area (Å²) in [7, 11) is 5.49. The predicted octanol–water partition coefficient (Wildman–Crippen LogP) is 2.15. The summed E-state index contributed by atoms with van der Waals surface area (Å²) in [6.07, 6.45) is 0. The molecule has 28 heavy (non-hydrogen) atoms. The Hall–Kier alpha value is -3.39. The van der Waals surface area contributed by atoms with Crippen LogP contribution in [0.2, 0.25) is 0 Å². The first-order valence-electron chi connectivity index (χ1n) is 8.81. The van der Waals surface area contributed by atoms with Crippen molar-refractivity contribution < 1.29 is 24.3 Å². The van der Waals surface area contributed by atoms with Gasteiger partial charge in [0.2, 0.25) is 5.88 Å². The quantitative estimate of drug-likeness (QED) is 0.612. The van der Waals surface area contributed by atoms with E-state index in [2.05, 4.69) is 10.2 Å². The molecular weight excluding hydrogens is 360 g/mol. The number of aromatic nitrogens is 1. The smallest absolute Gasteiger partial charge is 0.302 e. The van der Waals surface area contributed by atoms with E-state index in [-0.39, 0.29) is 18.2 Å². The Bertz CT molecular complexity index is 1010. The number of carbonyl (C=O) groups is 1. The van der Waals surface area contributed by atoms with Crippen LogP contribution in [0.5, 0.6) is 17.4 Å². The minimum absolute atomic E-state index is 0.0235. The van der Waals surface area contributed by atoms with Gasteiger partial charge in [0.05, 0.1) is 26.7 Å². The van der Waals surface area contributed by atoms with Gasteiger partial charge >= 0.3 is 5.91 Å². The monoisotopic (exact) mass is 383 g/mol. The van der Waals surface area contributed by atoms with E-state index in [0.717, 1.165) is 15.8 Å². The number of benzene rings is 2. The Morgan fingerprint density at radius 1 is 1.11 bits per heavy atom. The highest BCUT2D eigenvalue weighted by Gasteiger charge is 2.18. The molecule has 2 N–H and O–H groups in total. The molecule has 146 valence electrons. The lowest BCUT2D eigenvalue weighted by Gasteiger charge is -2.10. The SMILES string of the molecule is COc1ccccc1OCC(=O)N=Nc1c(O)n(C[NH+](C)C)c2ccccc12. The number of fused-ring (bicyclic) bond motifs is 1. The zero-order valence-corrected chi connectivity index (χ0v) is 16.0. The molecule has 0 bridgehead atoms. The van der Waals surface area contributed by atoms with Crippen LogP contribution in [0.4, 0.5) is 5.69 Å². The Morgan fingerprint density at radius 3 is 2.50 bits per heavy atom. The van der Waals surface area contributed by atoms with Gasteiger partial charge in [0.25, 0.3) is 0 Å². The Morgan fingerprint density at radius 2 is 1.79 bits per heavy atom. The van der Waals surface area contributed by atoms with Crippen LogP contribution in [0.25, 0.3) is 10.9 Å². The van der Waals surface area contributed by atoms with Crippen molar-refractivity contribution in [3.05, 3.63) is 48.5 Å².